The van der Waals surface area contributed by atoms with Gasteiger partial charge in [-0.3, -0.25) is 4.79 Å². The van der Waals surface area contributed by atoms with Crippen molar-refractivity contribution in [2.45, 2.75) is 19.4 Å². The molecule has 0 aliphatic carbocycles. The van der Waals surface area contributed by atoms with Crippen molar-refractivity contribution in [3.63, 3.8) is 0 Å². The van der Waals surface area contributed by atoms with Gasteiger partial charge in [0.25, 0.3) is 11.8 Å². The molecule has 22 heavy (non-hydrogen) atoms. The molecule has 1 aromatic heterocycles. The number of amides is 1. The van der Waals surface area contributed by atoms with Crippen LogP contribution in [0.4, 0.5) is 4.39 Å². The summed E-state index contributed by atoms with van der Waals surface area (Å²) in [7, 11) is 0. The Morgan fingerprint density at radius 2 is 2.36 bits per heavy atom. The first-order valence-electron chi connectivity index (χ1n) is 6.97. The van der Waals surface area contributed by atoms with E-state index in [9.17, 15) is 9.18 Å². The Balaban J connectivity index is 1.65. The predicted molar refractivity (Wildman–Crippen MR) is 74.5 cm³/mol. The molecule has 1 aromatic carbocycles. The molecular weight excluding hydrogens is 291 g/mol. The van der Waals surface area contributed by atoms with Crippen molar-refractivity contribution in [2.75, 3.05) is 13.2 Å². The smallest absolute Gasteiger partial charge is 0.290 e. The van der Waals surface area contributed by atoms with Crippen molar-refractivity contribution in [2.24, 2.45) is 0 Å². The van der Waals surface area contributed by atoms with Gasteiger partial charge in [0, 0.05) is 0 Å². The van der Waals surface area contributed by atoms with Crippen molar-refractivity contribution in [3.05, 3.63) is 41.4 Å². The lowest BCUT2D eigenvalue weighted by atomic mass is 10.0. The molecule has 6 nitrogen and oxygen atoms in total. The third-order valence-electron chi connectivity index (χ3n) is 3.27. The Labute approximate surface area is 126 Å². The molecule has 7 heteroatoms. The van der Waals surface area contributed by atoms with Crippen LogP contribution in [0.5, 0.6) is 11.6 Å². The number of fused-ring (bicyclic) bond motifs is 1. The minimum Gasteiger partial charge on any atom is -0.491 e. The van der Waals surface area contributed by atoms with E-state index in [1.807, 2.05) is 6.92 Å². The second-order valence-electron chi connectivity index (χ2n) is 4.90. The van der Waals surface area contributed by atoms with Gasteiger partial charge in [0.2, 0.25) is 5.76 Å². The average molecular weight is 306 g/mol. The number of ether oxygens (including phenoxy) is 2. The number of aromatic nitrogens is 1. The molecule has 0 unspecified atom stereocenters. The largest absolute Gasteiger partial charge is 0.491 e. The first kappa shape index (κ1) is 14.4. The summed E-state index contributed by atoms with van der Waals surface area (Å²) in [4.78, 5) is 12.1. The van der Waals surface area contributed by atoms with Crippen molar-refractivity contribution >= 4 is 5.91 Å². The van der Waals surface area contributed by atoms with Crippen LogP contribution in [0.15, 0.2) is 28.8 Å². The molecule has 0 saturated heterocycles. The van der Waals surface area contributed by atoms with Gasteiger partial charge in [-0.1, -0.05) is 0 Å². The second kappa shape index (κ2) is 6.05. The summed E-state index contributed by atoms with van der Waals surface area (Å²) in [6.07, 6.45) is 0.491. The maximum atomic E-state index is 13.2. The quantitative estimate of drug-likeness (QED) is 0.934. The number of benzene rings is 1. The molecule has 1 N–H and O–H groups in total. The fraction of sp³-hybridized carbons (Fsp3) is 0.333. The van der Waals surface area contributed by atoms with Gasteiger partial charge < -0.3 is 19.3 Å². The van der Waals surface area contributed by atoms with Crippen molar-refractivity contribution in [1.82, 2.24) is 10.5 Å². The van der Waals surface area contributed by atoms with Gasteiger partial charge in [-0.2, -0.15) is 0 Å². The number of carbonyl (C=O) groups is 1. The lowest BCUT2D eigenvalue weighted by Gasteiger charge is -2.25. The molecule has 3 rings (SSSR count). The summed E-state index contributed by atoms with van der Waals surface area (Å²) in [5, 5.41) is 6.40. The van der Waals surface area contributed by atoms with E-state index in [0.717, 1.165) is 5.56 Å². The van der Waals surface area contributed by atoms with Gasteiger partial charge in [0.15, 0.2) is 0 Å². The van der Waals surface area contributed by atoms with Gasteiger partial charge >= 0.3 is 0 Å². The summed E-state index contributed by atoms with van der Waals surface area (Å²) in [6, 6.07) is 5.52. The zero-order valence-corrected chi connectivity index (χ0v) is 12.0. The Morgan fingerprint density at radius 1 is 1.50 bits per heavy atom. The zero-order chi connectivity index (χ0) is 15.5. The van der Waals surface area contributed by atoms with Crippen LogP contribution in [0, 0.1) is 5.82 Å². The van der Waals surface area contributed by atoms with E-state index in [1.165, 1.54) is 18.2 Å². The number of carbonyl (C=O) groups excluding carboxylic acids is 1. The molecule has 1 aliphatic rings. The number of hydrogen-bond donors (Lipinski definition) is 1. The number of nitrogens with one attached hydrogen (secondary N) is 1. The molecule has 2 heterocycles. The highest BCUT2D eigenvalue weighted by Gasteiger charge is 2.24. The number of nitrogens with zero attached hydrogens (tertiary/aromatic N) is 1. The number of hydrogen-bond acceptors (Lipinski definition) is 5. The molecular formula is C15H15FN2O4. The van der Waals surface area contributed by atoms with Crippen LogP contribution in [-0.2, 0) is 6.42 Å². The second-order valence-corrected chi connectivity index (χ2v) is 4.90. The van der Waals surface area contributed by atoms with Crippen molar-refractivity contribution in [3.8, 4) is 11.6 Å². The highest BCUT2D eigenvalue weighted by molar-refractivity contribution is 5.91. The van der Waals surface area contributed by atoms with Gasteiger partial charge in [-0.05, 0) is 42.3 Å². The Kier molecular flexibility index (Phi) is 3.95. The van der Waals surface area contributed by atoms with Gasteiger partial charge in [-0.25, -0.2) is 4.39 Å². The predicted octanol–water partition coefficient (Wildman–Crippen LogP) is 1.95. The van der Waals surface area contributed by atoms with E-state index in [-0.39, 0.29) is 23.5 Å². The third kappa shape index (κ3) is 3.03. The monoisotopic (exact) mass is 306 g/mol. The molecule has 0 bridgehead atoms. The highest BCUT2D eigenvalue weighted by atomic mass is 19.1. The minimum atomic E-state index is -0.410. The SMILES string of the molecule is CCOc1cc(C(=O)N[C@H]2COc3ccc(F)cc3C2)on1. The summed E-state index contributed by atoms with van der Waals surface area (Å²) in [5.74, 6) is 0.233. The van der Waals surface area contributed by atoms with Crippen molar-refractivity contribution in [1.29, 1.82) is 0 Å². The van der Waals surface area contributed by atoms with Gasteiger partial charge in [-0.15, -0.1) is 0 Å². The lowest BCUT2D eigenvalue weighted by Crippen LogP contribution is -2.42. The van der Waals surface area contributed by atoms with Gasteiger partial charge in [0.05, 0.1) is 18.7 Å². The summed E-state index contributed by atoms with van der Waals surface area (Å²) in [6.45, 7) is 2.56. The molecule has 2 aromatic rings. The first-order valence-corrected chi connectivity index (χ1v) is 6.97. The topological polar surface area (TPSA) is 73.6 Å². The first-order chi connectivity index (χ1) is 10.7. The Morgan fingerprint density at radius 3 is 3.18 bits per heavy atom. The summed E-state index contributed by atoms with van der Waals surface area (Å²) < 4.78 is 28.8. The van der Waals surface area contributed by atoms with Crippen LogP contribution in [0.1, 0.15) is 23.0 Å². The van der Waals surface area contributed by atoms with E-state index in [2.05, 4.69) is 10.5 Å². The van der Waals surface area contributed by atoms with Crippen LogP contribution >= 0.6 is 0 Å². The molecule has 0 fully saturated rings. The van der Waals surface area contributed by atoms with E-state index >= 15 is 0 Å². The van der Waals surface area contributed by atoms with Crippen LogP contribution in [0.3, 0.4) is 0 Å². The maximum absolute atomic E-state index is 13.2. The Bertz CT molecular complexity index is 686. The normalized spacial score (nSPS) is 16.5. The molecule has 0 saturated carbocycles. The van der Waals surface area contributed by atoms with Crippen LogP contribution < -0.4 is 14.8 Å². The number of halogens is 1. The fourth-order valence-electron chi connectivity index (χ4n) is 2.29. The highest BCUT2D eigenvalue weighted by Crippen LogP contribution is 2.25. The molecule has 0 spiro atoms. The van der Waals surface area contributed by atoms with Crippen molar-refractivity contribution < 1.29 is 23.2 Å². The minimum absolute atomic E-state index is 0.0634. The van der Waals surface area contributed by atoms with Crippen LogP contribution in [-0.4, -0.2) is 30.3 Å². The zero-order valence-electron chi connectivity index (χ0n) is 12.0. The molecule has 1 aliphatic heterocycles. The lowest BCUT2D eigenvalue weighted by molar-refractivity contribution is 0.0877. The third-order valence-corrected chi connectivity index (χ3v) is 3.27. The maximum Gasteiger partial charge on any atom is 0.290 e. The van der Waals surface area contributed by atoms with E-state index in [0.29, 0.717) is 25.4 Å². The van der Waals surface area contributed by atoms with Crippen LogP contribution in [0.2, 0.25) is 0 Å². The molecule has 1 amide bonds. The fourth-order valence-corrected chi connectivity index (χ4v) is 2.29. The average Bonchev–Trinajstić information content (AvgIpc) is 2.96. The Hall–Kier alpha value is -2.57. The summed E-state index contributed by atoms with van der Waals surface area (Å²) in [5.41, 5.74) is 0.726. The number of rotatable bonds is 4. The van der Waals surface area contributed by atoms with E-state index < -0.39 is 5.91 Å². The van der Waals surface area contributed by atoms with Gasteiger partial charge in [0.1, 0.15) is 18.2 Å². The standard InChI is InChI=1S/C15H15FN2O4/c1-2-20-14-7-13(22-18-14)15(19)17-11-6-9-5-10(16)3-4-12(9)21-8-11/h3-5,7,11H,2,6,8H2,1H3,(H,17,19)/t11-/m1/s1. The molecule has 1 atom stereocenters. The van der Waals surface area contributed by atoms with Crippen LogP contribution in [0.25, 0.3) is 0 Å². The summed E-state index contributed by atoms with van der Waals surface area (Å²) >= 11 is 0. The van der Waals surface area contributed by atoms with E-state index in [4.69, 9.17) is 14.0 Å². The molecule has 116 valence electrons. The molecule has 0 radical (unpaired) electrons. The van der Waals surface area contributed by atoms with E-state index in [1.54, 1.807) is 6.07 Å².